The lowest BCUT2D eigenvalue weighted by Gasteiger charge is -2.17. The monoisotopic (exact) mass is 261 g/mol. The predicted octanol–water partition coefficient (Wildman–Crippen LogP) is 1.17. The van der Waals surface area contributed by atoms with Crippen LogP contribution in [0, 0.1) is 0 Å². The Morgan fingerprint density at radius 3 is 2.58 bits per heavy atom. The van der Waals surface area contributed by atoms with Crippen LogP contribution in [0.2, 0.25) is 0 Å². The average molecular weight is 261 g/mol. The van der Waals surface area contributed by atoms with Crippen LogP contribution in [-0.2, 0) is 7.05 Å². The van der Waals surface area contributed by atoms with Crippen LogP contribution in [0.25, 0.3) is 11.1 Å². The third-order valence-corrected chi connectivity index (χ3v) is 3.74. The second kappa shape index (κ2) is 3.88. The van der Waals surface area contributed by atoms with Gasteiger partial charge < -0.3 is 14.2 Å². The Hall–Kier alpha value is -2.24. The molecule has 1 atom stereocenters. The number of aromatic nitrogens is 1. The summed E-state index contributed by atoms with van der Waals surface area (Å²) in [7, 11) is 5.23. The molecular weight excluding hydrogens is 246 g/mol. The summed E-state index contributed by atoms with van der Waals surface area (Å²) in [6.07, 6.45) is 0. The van der Waals surface area contributed by atoms with E-state index in [-0.39, 0.29) is 17.8 Å². The molecule has 3 rings (SSSR count). The summed E-state index contributed by atoms with van der Waals surface area (Å²) < 4.78 is 6.65. The van der Waals surface area contributed by atoms with Crippen LogP contribution in [-0.4, -0.2) is 41.0 Å². The average Bonchev–Trinajstić information content (AvgIpc) is 2.81. The third kappa shape index (κ3) is 1.63. The van der Waals surface area contributed by atoms with E-state index in [4.69, 9.17) is 4.42 Å². The third-order valence-electron chi connectivity index (χ3n) is 3.74. The van der Waals surface area contributed by atoms with E-state index in [1.807, 2.05) is 18.2 Å². The van der Waals surface area contributed by atoms with Crippen molar-refractivity contribution in [1.82, 2.24) is 14.4 Å². The van der Waals surface area contributed by atoms with Crippen molar-refractivity contribution < 1.29 is 9.21 Å². The number of oxazole rings is 1. The van der Waals surface area contributed by atoms with Crippen LogP contribution in [0.4, 0.5) is 4.79 Å². The van der Waals surface area contributed by atoms with E-state index in [9.17, 15) is 9.59 Å². The molecule has 2 amide bonds. The lowest BCUT2D eigenvalue weighted by Crippen LogP contribution is -2.26. The fraction of sp³-hybridized carbons (Fsp3) is 0.385. The van der Waals surface area contributed by atoms with Gasteiger partial charge in [-0.15, -0.1) is 0 Å². The van der Waals surface area contributed by atoms with Gasteiger partial charge in [0, 0.05) is 27.7 Å². The number of hydrogen-bond donors (Lipinski definition) is 0. The summed E-state index contributed by atoms with van der Waals surface area (Å²) in [5.74, 6) is -0.375. The zero-order valence-electron chi connectivity index (χ0n) is 11.1. The molecule has 19 heavy (non-hydrogen) atoms. The van der Waals surface area contributed by atoms with Crippen LogP contribution in [0.15, 0.2) is 27.4 Å². The molecule has 6 heteroatoms. The largest absolute Gasteiger partial charge is 0.419 e. The number of carbonyl (C=O) groups excluding carboxylic acids is 1. The molecule has 1 aromatic heterocycles. The number of aryl methyl sites for hydroxylation is 1. The molecule has 1 fully saturated rings. The van der Waals surface area contributed by atoms with Crippen LogP contribution in [0.5, 0.6) is 0 Å². The van der Waals surface area contributed by atoms with Crippen LogP contribution in [0.3, 0.4) is 0 Å². The van der Waals surface area contributed by atoms with Gasteiger partial charge in [0.25, 0.3) is 0 Å². The summed E-state index contributed by atoms with van der Waals surface area (Å²) in [6.45, 7) is 0.637. The van der Waals surface area contributed by atoms with E-state index in [1.54, 1.807) is 30.9 Å². The zero-order valence-corrected chi connectivity index (χ0v) is 11.1. The predicted molar refractivity (Wildman–Crippen MR) is 70.0 cm³/mol. The summed E-state index contributed by atoms with van der Waals surface area (Å²) in [5.41, 5.74) is 2.29. The van der Waals surface area contributed by atoms with E-state index in [0.29, 0.717) is 12.1 Å². The van der Waals surface area contributed by atoms with Gasteiger partial charge >= 0.3 is 11.8 Å². The lowest BCUT2D eigenvalue weighted by molar-refractivity contribution is 0.201. The van der Waals surface area contributed by atoms with Crippen molar-refractivity contribution in [3.8, 4) is 0 Å². The quantitative estimate of drug-likeness (QED) is 0.774. The number of rotatable bonds is 1. The van der Waals surface area contributed by atoms with Crippen LogP contribution >= 0.6 is 0 Å². The second-order valence-electron chi connectivity index (χ2n) is 4.94. The first-order chi connectivity index (χ1) is 8.99. The van der Waals surface area contributed by atoms with Gasteiger partial charge in [0.2, 0.25) is 0 Å². The van der Waals surface area contributed by atoms with Crippen molar-refractivity contribution in [3.05, 3.63) is 34.3 Å². The number of likely N-dealkylation sites (N-methyl/N-ethyl adjacent to an activating group) is 2. The van der Waals surface area contributed by atoms with Gasteiger partial charge in [-0.1, -0.05) is 6.07 Å². The highest BCUT2D eigenvalue weighted by atomic mass is 16.4. The molecule has 0 saturated carbocycles. The van der Waals surface area contributed by atoms with Crippen molar-refractivity contribution in [2.24, 2.45) is 7.05 Å². The first kappa shape index (κ1) is 11.8. The Morgan fingerprint density at radius 2 is 1.95 bits per heavy atom. The Labute approximate surface area is 109 Å². The molecule has 1 aromatic carbocycles. The molecule has 0 bridgehead atoms. The van der Waals surface area contributed by atoms with E-state index in [0.717, 1.165) is 11.1 Å². The standard InChI is InChI=1S/C13H15N3O3/c1-14-7-10(15(2)12(14)17)8-4-5-9-11(6-8)19-13(18)16(9)3/h4-6,10H,7H2,1-3H3. The van der Waals surface area contributed by atoms with E-state index in [1.165, 1.54) is 4.57 Å². The van der Waals surface area contributed by atoms with Crippen LogP contribution < -0.4 is 5.76 Å². The van der Waals surface area contributed by atoms with Crippen molar-refractivity contribution in [2.75, 3.05) is 20.6 Å². The molecule has 0 spiro atoms. The number of carbonyl (C=O) groups is 1. The molecule has 0 radical (unpaired) electrons. The fourth-order valence-electron chi connectivity index (χ4n) is 2.55. The van der Waals surface area contributed by atoms with Crippen molar-refractivity contribution in [2.45, 2.75) is 6.04 Å². The molecule has 1 aliphatic rings. The van der Waals surface area contributed by atoms with E-state index in [2.05, 4.69) is 0 Å². The Bertz CT molecular complexity index is 715. The maximum Gasteiger partial charge on any atom is 0.419 e. The molecule has 0 N–H and O–H groups in total. The molecular formula is C13H15N3O3. The Kier molecular flexibility index (Phi) is 2.41. The highest BCUT2D eigenvalue weighted by molar-refractivity contribution is 5.78. The SMILES string of the molecule is CN1CC(c2ccc3c(c2)oc(=O)n3C)N(C)C1=O. The number of amides is 2. The van der Waals surface area contributed by atoms with Crippen molar-refractivity contribution in [3.63, 3.8) is 0 Å². The first-order valence-electron chi connectivity index (χ1n) is 6.06. The van der Waals surface area contributed by atoms with Gasteiger partial charge in [0.05, 0.1) is 11.6 Å². The summed E-state index contributed by atoms with van der Waals surface area (Å²) in [4.78, 5) is 26.6. The van der Waals surface area contributed by atoms with Gasteiger partial charge in [-0.3, -0.25) is 4.57 Å². The molecule has 6 nitrogen and oxygen atoms in total. The van der Waals surface area contributed by atoms with Gasteiger partial charge in [-0.05, 0) is 17.7 Å². The fourth-order valence-corrected chi connectivity index (χ4v) is 2.55. The van der Waals surface area contributed by atoms with Gasteiger partial charge in [0.1, 0.15) is 0 Å². The maximum atomic E-state index is 11.8. The van der Waals surface area contributed by atoms with Crippen molar-refractivity contribution >= 4 is 17.1 Å². The number of hydrogen-bond acceptors (Lipinski definition) is 3. The van der Waals surface area contributed by atoms with Crippen molar-refractivity contribution in [1.29, 1.82) is 0 Å². The first-order valence-corrected chi connectivity index (χ1v) is 6.06. The lowest BCUT2D eigenvalue weighted by atomic mass is 10.1. The minimum Gasteiger partial charge on any atom is -0.408 e. The molecule has 1 saturated heterocycles. The van der Waals surface area contributed by atoms with E-state index >= 15 is 0 Å². The molecule has 1 aliphatic heterocycles. The molecule has 2 heterocycles. The Morgan fingerprint density at radius 1 is 1.21 bits per heavy atom. The maximum absolute atomic E-state index is 11.8. The highest BCUT2D eigenvalue weighted by Crippen LogP contribution is 2.28. The summed E-state index contributed by atoms with van der Waals surface area (Å²) in [6, 6.07) is 5.62. The molecule has 100 valence electrons. The summed E-state index contributed by atoms with van der Waals surface area (Å²) >= 11 is 0. The zero-order chi connectivity index (χ0) is 13.7. The molecule has 1 unspecified atom stereocenters. The highest BCUT2D eigenvalue weighted by Gasteiger charge is 2.33. The molecule has 0 aliphatic carbocycles. The van der Waals surface area contributed by atoms with E-state index < -0.39 is 0 Å². The van der Waals surface area contributed by atoms with Gasteiger partial charge in [0.15, 0.2) is 5.58 Å². The summed E-state index contributed by atoms with van der Waals surface area (Å²) in [5, 5.41) is 0. The van der Waals surface area contributed by atoms with Gasteiger partial charge in [-0.2, -0.15) is 0 Å². The Balaban J connectivity index is 2.07. The second-order valence-corrected chi connectivity index (χ2v) is 4.94. The topological polar surface area (TPSA) is 58.7 Å². The smallest absolute Gasteiger partial charge is 0.408 e. The molecule has 2 aromatic rings. The minimum absolute atomic E-state index is 0.000360. The normalized spacial score (nSPS) is 19.7. The van der Waals surface area contributed by atoms with Gasteiger partial charge in [-0.25, -0.2) is 9.59 Å². The number of urea groups is 1. The number of benzene rings is 1. The number of nitrogens with zero attached hydrogens (tertiary/aromatic N) is 3. The minimum atomic E-state index is -0.375. The van der Waals surface area contributed by atoms with Crippen LogP contribution in [0.1, 0.15) is 11.6 Å². The number of fused-ring (bicyclic) bond motifs is 1.